The molecule has 1 rings (SSSR count). The summed E-state index contributed by atoms with van der Waals surface area (Å²) < 4.78 is 5.44. The van der Waals surface area contributed by atoms with Gasteiger partial charge >= 0.3 is 0 Å². The van der Waals surface area contributed by atoms with Gasteiger partial charge in [-0.3, -0.25) is 5.32 Å². The fourth-order valence-electron chi connectivity index (χ4n) is 0.558. The summed E-state index contributed by atoms with van der Waals surface area (Å²) in [5.41, 5.74) is 0.0220. The van der Waals surface area contributed by atoms with E-state index in [0.29, 0.717) is 6.23 Å². The highest BCUT2D eigenvalue weighted by atomic mass is 16.5. The molecule has 0 saturated carbocycles. The van der Waals surface area contributed by atoms with Crippen LogP contribution in [0.1, 0.15) is 20.8 Å². The van der Waals surface area contributed by atoms with Crippen molar-refractivity contribution in [2.24, 2.45) is 0 Å². The van der Waals surface area contributed by atoms with Gasteiger partial charge in [-0.15, -0.1) is 0 Å². The largest absolute Gasteiger partial charge is 0.356 e. The number of hydrogen-bond donors (Lipinski definition) is 1. The van der Waals surface area contributed by atoms with Crippen LogP contribution in [0.3, 0.4) is 0 Å². The molecule has 1 heterocycles. The Bertz CT molecular complexity index is 81.0. The van der Waals surface area contributed by atoms with Crippen LogP contribution in [-0.2, 0) is 4.74 Å². The second-order valence-corrected chi connectivity index (χ2v) is 3.13. The van der Waals surface area contributed by atoms with Gasteiger partial charge in [0.1, 0.15) is 6.23 Å². The molecule has 0 aromatic carbocycles. The van der Waals surface area contributed by atoms with Gasteiger partial charge in [-0.25, -0.2) is 0 Å². The zero-order valence-corrected chi connectivity index (χ0v) is 5.69. The molecule has 8 heavy (non-hydrogen) atoms. The number of hydrogen-bond acceptors (Lipinski definition) is 2. The Kier molecular flexibility index (Phi) is 1.29. The number of nitrogens with one attached hydrogen (secondary N) is 1. The summed E-state index contributed by atoms with van der Waals surface area (Å²) in [6.45, 7) is 7.21. The number of ether oxygens (including phenoxy) is 1. The lowest BCUT2D eigenvalue weighted by molar-refractivity contribution is -0.0169. The quantitative estimate of drug-likeness (QED) is 0.511. The molecule has 0 spiro atoms. The van der Waals surface area contributed by atoms with E-state index in [1.54, 1.807) is 0 Å². The van der Waals surface area contributed by atoms with E-state index < -0.39 is 0 Å². The molecule has 1 saturated heterocycles. The van der Waals surface area contributed by atoms with Crippen LogP contribution in [0.2, 0.25) is 0 Å². The van der Waals surface area contributed by atoms with Gasteiger partial charge in [0, 0.05) is 6.54 Å². The average Bonchev–Trinajstić information content (AvgIpc) is 2.12. The van der Waals surface area contributed by atoms with Gasteiger partial charge in [0.15, 0.2) is 0 Å². The van der Waals surface area contributed by atoms with Crippen molar-refractivity contribution in [1.82, 2.24) is 5.32 Å². The summed E-state index contributed by atoms with van der Waals surface area (Å²) in [5, 5.41) is 3.07. The Morgan fingerprint density at radius 2 is 2.00 bits per heavy atom. The Balaban J connectivity index is 2.16. The number of rotatable bonds is 1. The molecule has 48 valence electrons. The predicted molar refractivity (Wildman–Crippen MR) is 32.6 cm³/mol. The summed E-state index contributed by atoms with van der Waals surface area (Å²) in [6.07, 6.45) is 0.343. The van der Waals surface area contributed by atoms with Gasteiger partial charge in [0.05, 0.1) is 5.60 Å². The Hall–Kier alpha value is -0.0800. The topological polar surface area (TPSA) is 31.2 Å². The maximum Gasteiger partial charge on any atom is 0.121 e. The minimum Gasteiger partial charge on any atom is -0.356 e. The average molecular weight is 115 g/mol. The summed E-state index contributed by atoms with van der Waals surface area (Å²) in [4.78, 5) is 0. The van der Waals surface area contributed by atoms with Crippen molar-refractivity contribution in [3.63, 3.8) is 0 Å². The van der Waals surface area contributed by atoms with Crippen molar-refractivity contribution in [2.75, 3.05) is 6.54 Å². The third-order valence-electron chi connectivity index (χ3n) is 0.867. The van der Waals surface area contributed by atoms with Crippen LogP contribution in [0.5, 0.6) is 0 Å². The van der Waals surface area contributed by atoms with Crippen LogP contribution in [-0.4, -0.2) is 18.4 Å². The molecule has 0 aromatic rings. The lowest BCUT2D eigenvalue weighted by atomic mass is 10.2. The fraction of sp³-hybridized carbons (Fsp3) is 1.00. The van der Waals surface area contributed by atoms with Crippen molar-refractivity contribution < 1.29 is 4.74 Å². The first-order valence-corrected chi connectivity index (χ1v) is 2.99. The van der Waals surface area contributed by atoms with E-state index in [4.69, 9.17) is 4.74 Å². The SMILES string of the molecule is CC(C)(C)OC1CN1. The van der Waals surface area contributed by atoms with E-state index in [1.807, 2.05) is 0 Å². The van der Waals surface area contributed by atoms with E-state index in [2.05, 4.69) is 26.1 Å². The van der Waals surface area contributed by atoms with Crippen molar-refractivity contribution in [3.8, 4) is 0 Å². The molecule has 0 aromatic heterocycles. The zero-order chi connectivity index (χ0) is 6.20. The van der Waals surface area contributed by atoms with E-state index >= 15 is 0 Å². The highest BCUT2D eigenvalue weighted by molar-refractivity contribution is 4.76. The molecular formula is C6H13NO. The molecule has 1 fully saturated rings. The highest BCUT2D eigenvalue weighted by Crippen LogP contribution is 2.13. The molecule has 0 radical (unpaired) electrons. The molecule has 0 amide bonds. The first-order chi connectivity index (χ1) is 3.58. The van der Waals surface area contributed by atoms with E-state index in [1.165, 1.54) is 0 Å². The van der Waals surface area contributed by atoms with Crippen molar-refractivity contribution in [2.45, 2.75) is 32.6 Å². The predicted octanol–water partition coefficient (Wildman–Crippen LogP) is 0.731. The zero-order valence-electron chi connectivity index (χ0n) is 5.69. The molecular weight excluding hydrogens is 102 g/mol. The van der Waals surface area contributed by atoms with Gasteiger partial charge in [-0.1, -0.05) is 0 Å². The van der Waals surface area contributed by atoms with Gasteiger partial charge in [-0.2, -0.15) is 0 Å². The van der Waals surface area contributed by atoms with Crippen LogP contribution < -0.4 is 5.32 Å². The maximum absolute atomic E-state index is 5.44. The summed E-state index contributed by atoms with van der Waals surface area (Å²) >= 11 is 0. The fourth-order valence-corrected chi connectivity index (χ4v) is 0.558. The summed E-state index contributed by atoms with van der Waals surface area (Å²) in [6, 6.07) is 0. The molecule has 0 bridgehead atoms. The lowest BCUT2D eigenvalue weighted by Gasteiger charge is -2.17. The highest BCUT2D eigenvalue weighted by Gasteiger charge is 2.26. The Morgan fingerprint density at radius 1 is 1.50 bits per heavy atom. The van der Waals surface area contributed by atoms with Gasteiger partial charge < -0.3 is 4.74 Å². The smallest absolute Gasteiger partial charge is 0.121 e. The standard InChI is InChI=1S/C6H13NO/c1-6(2,3)8-5-4-7-5/h5,7H,4H2,1-3H3. The second kappa shape index (κ2) is 1.71. The van der Waals surface area contributed by atoms with Gasteiger partial charge in [0.25, 0.3) is 0 Å². The van der Waals surface area contributed by atoms with Crippen LogP contribution in [0, 0.1) is 0 Å². The molecule has 1 aliphatic rings. The minimum absolute atomic E-state index is 0.0220. The summed E-state index contributed by atoms with van der Waals surface area (Å²) in [7, 11) is 0. The van der Waals surface area contributed by atoms with Crippen LogP contribution in [0.15, 0.2) is 0 Å². The summed E-state index contributed by atoms with van der Waals surface area (Å²) in [5.74, 6) is 0. The van der Waals surface area contributed by atoms with Crippen molar-refractivity contribution in [3.05, 3.63) is 0 Å². The molecule has 0 aliphatic carbocycles. The second-order valence-electron chi connectivity index (χ2n) is 3.13. The van der Waals surface area contributed by atoms with Crippen LogP contribution in [0.25, 0.3) is 0 Å². The molecule has 1 unspecified atom stereocenters. The Labute approximate surface area is 50.2 Å². The minimum atomic E-state index is 0.0220. The van der Waals surface area contributed by atoms with Crippen molar-refractivity contribution in [1.29, 1.82) is 0 Å². The molecule has 2 heteroatoms. The molecule has 2 nitrogen and oxygen atoms in total. The van der Waals surface area contributed by atoms with E-state index in [9.17, 15) is 0 Å². The third kappa shape index (κ3) is 2.28. The molecule has 1 atom stereocenters. The first-order valence-electron chi connectivity index (χ1n) is 2.99. The molecule has 1 N–H and O–H groups in total. The first kappa shape index (κ1) is 6.05. The lowest BCUT2D eigenvalue weighted by Crippen LogP contribution is -2.21. The van der Waals surface area contributed by atoms with Gasteiger partial charge in [0.2, 0.25) is 0 Å². The molecule has 1 aliphatic heterocycles. The Morgan fingerprint density at radius 3 is 2.12 bits per heavy atom. The third-order valence-corrected chi connectivity index (χ3v) is 0.867. The van der Waals surface area contributed by atoms with Gasteiger partial charge in [-0.05, 0) is 20.8 Å². The normalized spacial score (nSPS) is 28.1. The van der Waals surface area contributed by atoms with Crippen LogP contribution in [0.4, 0.5) is 0 Å². The van der Waals surface area contributed by atoms with Crippen LogP contribution >= 0.6 is 0 Å². The monoisotopic (exact) mass is 115 g/mol. The maximum atomic E-state index is 5.44. The van der Waals surface area contributed by atoms with E-state index in [0.717, 1.165) is 6.54 Å². The van der Waals surface area contributed by atoms with E-state index in [-0.39, 0.29) is 5.60 Å². The van der Waals surface area contributed by atoms with Crippen molar-refractivity contribution >= 4 is 0 Å².